The Morgan fingerprint density at radius 1 is 1.17 bits per heavy atom. The van der Waals surface area contributed by atoms with E-state index in [4.69, 9.17) is 0 Å². The third kappa shape index (κ3) is 2.24. The van der Waals surface area contributed by atoms with Crippen molar-refractivity contribution in [3.63, 3.8) is 0 Å². The maximum atomic E-state index is 11.4. The summed E-state index contributed by atoms with van der Waals surface area (Å²) in [5, 5.41) is 5.24. The molecule has 1 aromatic heterocycles. The molecule has 2 rings (SSSR count). The largest absolute Gasteiger partial charge is 0.373 e. The number of nitrogens with zero attached hydrogens (tertiary/aromatic N) is 3. The zero-order chi connectivity index (χ0) is 13.3. The lowest BCUT2D eigenvalue weighted by Crippen LogP contribution is -2.52. The molecule has 18 heavy (non-hydrogen) atoms. The van der Waals surface area contributed by atoms with Crippen molar-refractivity contribution in [1.82, 2.24) is 15.3 Å². The van der Waals surface area contributed by atoms with Gasteiger partial charge in [-0.1, -0.05) is 0 Å². The van der Waals surface area contributed by atoms with Crippen LogP contribution in [0.25, 0.3) is 0 Å². The number of anilines is 2. The highest BCUT2D eigenvalue weighted by molar-refractivity contribution is 6.02. The molecule has 7 heteroatoms. The van der Waals surface area contributed by atoms with Crippen LogP contribution in [0, 0.1) is 13.8 Å². The third-order valence-electron chi connectivity index (χ3n) is 2.72. The van der Waals surface area contributed by atoms with Gasteiger partial charge in [0, 0.05) is 12.6 Å². The van der Waals surface area contributed by atoms with Gasteiger partial charge < -0.3 is 10.2 Å². The van der Waals surface area contributed by atoms with E-state index in [0.717, 1.165) is 5.56 Å². The van der Waals surface area contributed by atoms with Gasteiger partial charge in [0.05, 0.1) is 13.1 Å². The molecule has 2 N–H and O–H groups in total. The number of piperazine rings is 1. The lowest BCUT2D eigenvalue weighted by molar-refractivity contribution is -0.130. The maximum absolute atomic E-state index is 11.4. The van der Waals surface area contributed by atoms with E-state index < -0.39 is 0 Å². The Morgan fingerprint density at radius 3 is 2.33 bits per heavy atom. The number of imide groups is 1. The van der Waals surface area contributed by atoms with Crippen LogP contribution in [0.2, 0.25) is 0 Å². The van der Waals surface area contributed by atoms with Crippen LogP contribution in [0.5, 0.6) is 0 Å². The normalized spacial score (nSPS) is 15.6. The summed E-state index contributed by atoms with van der Waals surface area (Å²) in [5.74, 6) is 1.30. The summed E-state index contributed by atoms with van der Waals surface area (Å²) in [4.78, 5) is 33.0. The van der Waals surface area contributed by atoms with Crippen molar-refractivity contribution in [3.05, 3.63) is 11.4 Å². The monoisotopic (exact) mass is 249 g/mol. The van der Waals surface area contributed by atoms with Crippen LogP contribution >= 0.6 is 0 Å². The van der Waals surface area contributed by atoms with E-state index in [9.17, 15) is 9.59 Å². The van der Waals surface area contributed by atoms with E-state index in [2.05, 4.69) is 20.6 Å². The molecule has 0 bridgehead atoms. The highest BCUT2D eigenvalue weighted by Gasteiger charge is 2.25. The first kappa shape index (κ1) is 12.3. The quantitative estimate of drug-likeness (QED) is 0.693. The van der Waals surface area contributed by atoms with Gasteiger partial charge in [-0.25, -0.2) is 9.97 Å². The third-order valence-corrected chi connectivity index (χ3v) is 2.72. The molecule has 0 aromatic carbocycles. The molecule has 0 spiro atoms. The number of aromatic nitrogens is 2. The second-order valence-electron chi connectivity index (χ2n) is 4.15. The van der Waals surface area contributed by atoms with E-state index >= 15 is 0 Å². The first-order valence-corrected chi connectivity index (χ1v) is 5.62. The molecule has 1 fully saturated rings. The fourth-order valence-electron chi connectivity index (χ4n) is 1.95. The van der Waals surface area contributed by atoms with Gasteiger partial charge in [-0.05, 0) is 13.8 Å². The van der Waals surface area contributed by atoms with Crippen LogP contribution in [0.1, 0.15) is 11.4 Å². The summed E-state index contributed by atoms with van der Waals surface area (Å²) in [6.45, 7) is 3.89. The predicted molar refractivity (Wildman–Crippen MR) is 66.4 cm³/mol. The SMILES string of the molecule is CNc1nc(C)nc(N2CC(=O)NC(=O)C2)c1C. The number of hydrogen-bond acceptors (Lipinski definition) is 6. The molecule has 0 radical (unpaired) electrons. The number of carbonyl (C=O) groups is 2. The van der Waals surface area contributed by atoms with Crippen molar-refractivity contribution < 1.29 is 9.59 Å². The number of rotatable bonds is 2. The van der Waals surface area contributed by atoms with Crippen molar-refractivity contribution in [3.8, 4) is 0 Å². The summed E-state index contributed by atoms with van der Waals surface area (Å²) in [6, 6.07) is 0. The maximum Gasteiger partial charge on any atom is 0.246 e. The van der Waals surface area contributed by atoms with Gasteiger partial charge in [-0.15, -0.1) is 0 Å². The molecule has 96 valence electrons. The summed E-state index contributed by atoms with van der Waals surface area (Å²) < 4.78 is 0. The molecular weight excluding hydrogens is 234 g/mol. The van der Waals surface area contributed by atoms with E-state index in [1.165, 1.54) is 0 Å². The molecule has 2 heterocycles. The average Bonchev–Trinajstić information content (AvgIpc) is 2.30. The molecule has 1 aromatic rings. The van der Waals surface area contributed by atoms with Crippen molar-refractivity contribution in [2.75, 3.05) is 30.4 Å². The lowest BCUT2D eigenvalue weighted by Gasteiger charge is -2.28. The minimum Gasteiger partial charge on any atom is -0.373 e. The molecule has 1 aliphatic rings. The molecule has 0 saturated carbocycles. The number of carbonyl (C=O) groups excluding carboxylic acids is 2. The Balaban J connectivity index is 2.41. The van der Waals surface area contributed by atoms with Crippen LogP contribution in [0.15, 0.2) is 0 Å². The molecule has 0 atom stereocenters. The van der Waals surface area contributed by atoms with Crippen LogP contribution in [0.3, 0.4) is 0 Å². The molecule has 2 amide bonds. The van der Waals surface area contributed by atoms with Crippen LogP contribution in [-0.2, 0) is 9.59 Å². The van der Waals surface area contributed by atoms with E-state index in [1.54, 1.807) is 18.9 Å². The van der Waals surface area contributed by atoms with Crippen molar-refractivity contribution >= 4 is 23.5 Å². The second-order valence-corrected chi connectivity index (χ2v) is 4.15. The van der Waals surface area contributed by atoms with Crippen molar-refractivity contribution in [2.24, 2.45) is 0 Å². The number of aryl methyl sites for hydroxylation is 1. The number of nitrogens with one attached hydrogen (secondary N) is 2. The zero-order valence-electron chi connectivity index (χ0n) is 10.6. The highest BCUT2D eigenvalue weighted by Crippen LogP contribution is 2.23. The average molecular weight is 249 g/mol. The first-order chi connectivity index (χ1) is 8.51. The van der Waals surface area contributed by atoms with Gasteiger partial charge in [-0.2, -0.15) is 0 Å². The fourth-order valence-corrected chi connectivity index (χ4v) is 1.95. The number of hydrogen-bond donors (Lipinski definition) is 2. The van der Waals surface area contributed by atoms with Crippen LogP contribution in [-0.4, -0.2) is 41.9 Å². The summed E-state index contributed by atoms with van der Waals surface area (Å²) in [5.41, 5.74) is 0.825. The summed E-state index contributed by atoms with van der Waals surface area (Å²) >= 11 is 0. The first-order valence-electron chi connectivity index (χ1n) is 5.62. The summed E-state index contributed by atoms with van der Waals surface area (Å²) in [7, 11) is 1.77. The second kappa shape index (κ2) is 4.59. The van der Waals surface area contributed by atoms with Crippen LogP contribution in [0.4, 0.5) is 11.6 Å². The predicted octanol–water partition coefficient (Wildman–Crippen LogP) is -0.402. The van der Waals surface area contributed by atoms with E-state index in [1.807, 2.05) is 6.92 Å². The van der Waals surface area contributed by atoms with Crippen molar-refractivity contribution in [2.45, 2.75) is 13.8 Å². The van der Waals surface area contributed by atoms with Gasteiger partial charge >= 0.3 is 0 Å². The smallest absolute Gasteiger partial charge is 0.246 e. The Morgan fingerprint density at radius 2 is 1.78 bits per heavy atom. The van der Waals surface area contributed by atoms with Gasteiger partial charge in [0.15, 0.2) is 0 Å². The van der Waals surface area contributed by atoms with E-state index in [-0.39, 0.29) is 24.9 Å². The molecule has 0 unspecified atom stereocenters. The van der Waals surface area contributed by atoms with Gasteiger partial charge in [0.1, 0.15) is 17.5 Å². The Bertz CT molecular complexity index is 498. The Hall–Kier alpha value is -2.18. The number of amides is 2. The van der Waals surface area contributed by atoms with Crippen LogP contribution < -0.4 is 15.5 Å². The van der Waals surface area contributed by atoms with Gasteiger partial charge in [0.2, 0.25) is 11.8 Å². The minimum atomic E-state index is -0.312. The highest BCUT2D eigenvalue weighted by atomic mass is 16.2. The zero-order valence-corrected chi connectivity index (χ0v) is 10.6. The Kier molecular flexibility index (Phi) is 3.14. The van der Waals surface area contributed by atoms with E-state index in [0.29, 0.717) is 17.5 Å². The molecule has 1 aliphatic heterocycles. The molecule has 7 nitrogen and oxygen atoms in total. The minimum absolute atomic E-state index is 0.131. The molecule has 1 saturated heterocycles. The molecular formula is C11H15N5O2. The standard InChI is InChI=1S/C11H15N5O2/c1-6-10(12-3)13-7(2)14-11(6)16-4-8(17)15-9(18)5-16/h4-5H2,1-3H3,(H,12,13,14)(H,15,17,18). The summed E-state index contributed by atoms with van der Waals surface area (Å²) in [6.07, 6.45) is 0. The lowest BCUT2D eigenvalue weighted by atomic mass is 10.2. The van der Waals surface area contributed by atoms with Gasteiger partial charge in [-0.3, -0.25) is 14.9 Å². The van der Waals surface area contributed by atoms with Crippen molar-refractivity contribution in [1.29, 1.82) is 0 Å². The fraction of sp³-hybridized carbons (Fsp3) is 0.455. The molecule has 0 aliphatic carbocycles. The Labute approximate surface area is 105 Å². The van der Waals surface area contributed by atoms with Gasteiger partial charge in [0.25, 0.3) is 0 Å². The topological polar surface area (TPSA) is 87.2 Å².